The summed E-state index contributed by atoms with van der Waals surface area (Å²) in [6.07, 6.45) is 0. The van der Waals surface area contributed by atoms with Gasteiger partial charge in [0.15, 0.2) is 0 Å². The molecule has 0 aliphatic heterocycles. The van der Waals surface area contributed by atoms with Gasteiger partial charge in [-0.1, -0.05) is 22.5 Å². The van der Waals surface area contributed by atoms with Gasteiger partial charge in [-0.25, -0.2) is 0 Å². The lowest BCUT2D eigenvalue weighted by molar-refractivity contribution is 0.102. The van der Waals surface area contributed by atoms with Crippen LogP contribution in [0.25, 0.3) is 0 Å². The van der Waals surface area contributed by atoms with Crippen LogP contribution in [0.15, 0.2) is 59.1 Å². The number of benzene rings is 2. The van der Waals surface area contributed by atoms with E-state index in [2.05, 4.69) is 27.8 Å². The Bertz CT molecular complexity index is 711. The van der Waals surface area contributed by atoms with E-state index in [-0.39, 0.29) is 5.91 Å². The molecular formula is C18H18BrNO3. The van der Waals surface area contributed by atoms with Crippen LogP contribution in [-0.2, 0) is 0 Å². The third-order valence-corrected chi connectivity index (χ3v) is 3.50. The minimum absolute atomic E-state index is 0.237. The molecule has 0 radical (unpaired) electrons. The zero-order valence-electron chi connectivity index (χ0n) is 13.1. The maximum atomic E-state index is 12.4. The van der Waals surface area contributed by atoms with Crippen LogP contribution in [0.4, 0.5) is 5.69 Å². The zero-order valence-corrected chi connectivity index (χ0v) is 14.6. The summed E-state index contributed by atoms with van der Waals surface area (Å²) in [4.78, 5) is 12.4. The van der Waals surface area contributed by atoms with Crippen molar-refractivity contribution >= 4 is 27.5 Å². The molecule has 120 valence electrons. The molecule has 0 bridgehead atoms. The number of anilines is 1. The molecule has 0 aromatic heterocycles. The number of rotatable bonds is 6. The van der Waals surface area contributed by atoms with E-state index in [0.29, 0.717) is 23.6 Å². The SMILES string of the molecule is C=C(C)COc1ccc(NC(=O)c2cc(Br)ccc2OC)cc1. The van der Waals surface area contributed by atoms with E-state index in [1.807, 2.05) is 13.0 Å². The lowest BCUT2D eigenvalue weighted by Crippen LogP contribution is -2.13. The average Bonchev–Trinajstić information content (AvgIpc) is 2.54. The van der Waals surface area contributed by atoms with Crippen molar-refractivity contribution in [3.8, 4) is 11.5 Å². The maximum Gasteiger partial charge on any atom is 0.259 e. The van der Waals surface area contributed by atoms with Crippen LogP contribution in [-0.4, -0.2) is 19.6 Å². The molecule has 1 amide bonds. The molecule has 0 heterocycles. The van der Waals surface area contributed by atoms with Crippen LogP contribution in [0, 0.1) is 0 Å². The molecule has 0 saturated heterocycles. The first kappa shape index (κ1) is 17.1. The van der Waals surface area contributed by atoms with E-state index < -0.39 is 0 Å². The summed E-state index contributed by atoms with van der Waals surface area (Å²) >= 11 is 3.36. The van der Waals surface area contributed by atoms with Crippen LogP contribution in [0.3, 0.4) is 0 Å². The van der Waals surface area contributed by atoms with E-state index in [1.165, 1.54) is 7.11 Å². The van der Waals surface area contributed by atoms with Crippen molar-refractivity contribution < 1.29 is 14.3 Å². The Morgan fingerprint density at radius 1 is 1.22 bits per heavy atom. The van der Waals surface area contributed by atoms with E-state index in [1.54, 1.807) is 36.4 Å². The summed E-state index contributed by atoms with van der Waals surface area (Å²) in [6.45, 7) is 6.16. The zero-order chi connectivity index (χ0) is 16.8. The van der Waals surface area contributed by atoms with Crippen molar-refractivity contribution in [2.75, 3.05) is 19.0 Å². The molecule has 0 fully saturated rings. The van der Waals surface area contributed by atoms with Crippen molar-refractivity contribution in [1.82, 2.24) is 0 Å². The second kappa shape index (κ2) is 7.83. The van der Waals surface area contributed by atoms with Crippen molar-refractivity contribution in [3.63, 3.8) is 0 Å². The van der Waals surface area contributed by atoms with Gasteiger partial charge in [-0.2, -0.15) is 0 Å². The molecule has 5 heteroatoms. The first-order valence-electron chi connectivity index (χ1n) is 7.01. The largest absolute Gasteiger partial charge is 0.496 e. The number of hydrogen-bond donors (Lipinski definition) is 1. The number of ether oxygens (including phenoxy) is 2. The quantitative estimate of drug-likeness (QED) is 0.746. The van der Waals surface area contributed by atoms with Gasteiger partial charge >= 0.3 is 0 Å². The molecule has 0 saturated carbocycles. The number of halogens is 1. The Morgan fingerprint density at radius 3 is 2.52 bits per heavy atom. The highest BCUT2D eigenvalue weighted by molar-refractivity contribution is 9.10. The van der Waals surface area contributed by atoms with Gasteiger partial charge in [0.25, 0.3) is 5.91 Å². The fourth-order valence-electron chi connectivity index (χ4n) is 1.90. The third kappa shape index (κ3) is 4.86. The van der Waals surface area contributed by atoms with Crippen LogP contribution < -0.4 is 14.8 Å². The summed E-state index contributed by atoms with van der Waals surface area (Å²) in [6, 6.07) is 12.5. The summed E-state index contributed by atoms with van der Waals surface area (Å²) in [5, 5.41) is 2.84. The van der Waals surface area contributed by atoms with Gasteiger partial charge in [-0.15, -0.1) is 0 Å². The van der Waals surface area contributed by atoms with Crippen LogP contribution in [0.2, 0.25) is 0 Å². The van der Waals surface area contributed by atoms with Gasteiger partial charge in [-0.05, 0) is 55.0 Å². The molecule has 0 aliphatic carbocycles. The lowest BCUT2D eigenvalue weighted by Gasteiger charge is -2.11. The number of amides is 1. The molecule has 0 spiro atoms. The monoisotopic (exact) mass is 375 g/mol. The third-order valence-electron chi connectivity index (χ3n) is 3.00. The minimum atomic E-state index is -0.237. The fourth-order valence-corrected chi connectivity index (χ4v) is 2.26. The molecule has 2 aromatic rings. The van der Waals surface area contributed by atoms with Gasteiger partial charge < -0.3 is 14.8 Å². The highest BCUT2D eigenvalue weighted by Crippen LogP contribution is 2.24. The van der Waals surface area contributed by atoms with Crippen molar-refractivity contribution in [2.24, 2.45) is 0 Å². The first-order chi connectivity index (χ1) is 11.0. The second-order valence-electron chi connectivity index (χ2n) is 5.07. The number of hydrogen-bond acceptors (Lipinski definition) is 3. The van der Waals surface area contributed by atoms with Crippen molar-refractivity contribution in [2.45, 2.75) is 6.92 Å². The minimum Gasteiger partial charge on any atom is -0.496 e. The molecule has 0 aliphatic rings. The standard InChI is InChI=1S/C18H18BrNO3/c1-12(2)11-23-15-7-5-14(6-8-15)20-18(21)16-10-13(19)4-9-17(16)22-3/h4-10H,1,11H2,2-3H3,(H,20,21). The molecular weight excluding hydrogens is 358 g/mol. The number of carbonyl (C=O) groups is 1. The van der Waals surface area contributed by atoms with E-state index >= 15 is 0 Å². The molecule has 0 unspecified atom stereocenters. The van der Waals surface area contributed by atoms with Gasteiger partial charge in [0.1, 0.15) is 18.1 Å². The summed E-state index contributed by atoms with van der Waals surface area (Å²) in [5.74, 6) is 1.01. The Morgan fingerprint density at radius 2 is 1.91 bits per heavy atom. The van der Waals surface area contributed by atoms with Crippen LogP contribution >= 0.6 is 15.9 Å². The van der Waals surface area contributed by atoms with Crippen molar-refractivity contribution in [1.29, 1.82) is 0 Å². The predicted octanol–water partition coefficient (Wildman–Crippen LogP) is 4.66. The van der Waals surface area contributed by atoms with E-state index in [4.69, 9.17) is 9.47 Å². The highest BCUT2D eigenvalue weighted by Gasteiger charge is 2.13. The maximum absolute atomic E-state index is 12.4. The average molecular weight is 376 g/mol. The molecule has 4 nitrogen and oxygen atoms in total. The van der Waals surface area contributed by atoms with Gasteiger partial charge in [-0.3, -0.25) is 4.79 Å². The summed E-state index contributed by atoms with van der Waals surface area (Å²) in [7, 11) is 1.54. The van der Waals surface area contributed by atoms with E-state index in [0.717, 1.165) is 15.8 Å². The summed E-state index contributed by atoms with van der Waals surface area (Å²) in [5.41, 5.74) is 2.09. The second-order valence-corrected chi connectivity index (χ2v) is 5.98. The predicted molar refractivity (Wildman–Crippen MR) is 95.4 cm³/mol. The Kier molecular flexibility index (Phi) is 5.82. The fraction of sp³-hybridized carbons (Fsp3) is 0.167. The number of nitrogens with one attached hydrogen (secondary N) is 1. The number of methoxy groups -OCH3 is 1. The molecule has 2 rings (SSSR count). The Hall–Kier alpha value is -2.27. The van der Waals surface area contributed by atoms with Gasteiger partial charge in [0, 0.05) is 10.2 Å². The van der Waals surface area contributed by atoms with Crippen LogP contribution in [0.5, 0.6) is 11.5 Å². The number of carbonyl (C=O) groups excluding carboxylic acids is 1. The van der Waals surface area contributed by atoms with E-state index in [9.17, 15) is 4.79 Å². The first-order valence-corrected chi connectivity index (χ1v) is 7.81. The topological polar surface area (TPSA) is 47.6 Å². The molecule has 1 N–H and O–H groups in total. The molecule has 2 aromatic carbocycles. The van der Waals surface area contributed by atoms with Crippen molar-refractivity contribution in [3.05, 3.63) is 64.7 Å². The smallest absolute Gasteiger partial charge is 0.259 e. The lowest BCUT2D eigenvalue weighted by atomic mass is 10.2. The molecule has 23 heavy (non-hydrogen) atoms. The van der Waals surface area contributed by atoms with Crippen LogP contribution in [0.1, 0.15) is 17.3 Å². The molecule has 0 atom stereocenters. The highest BCUT2D eigenvalue weighted by atomic mass is 79.9. The summed E-state index contributed by atoms with van der Waals surface area (Å²) < 4.78 is 11.6. The Labute approximate surface area is 144 Å². The normalized spacial score (nSPS) is 10.0. The Balaban J connectivity index is 2.08. The van der Waals surface area contributed by atoms with Gasteiger partial charge in [0.2, 0.25) is 0 Å². The van der Waals surface area contributed by atoms with Gasteiger partial charge in [0.05, 0.1) is 12.7 Å².